The first-order valence-corrected chi connectivity index (χ1v) is 25.9. The van der Waals surface area contributed by atoms with Gasteiger partial charge in [-0.05, 0) is 83.5 Å². The molecule has 0 amide bonds. The van der Waals surface area contributed by atoms with Gasteiger partial charge in [0.25, 0.3) is 0 Å². The van der Waals surface area contributed by atoms with E-state index >= 15 is 0 Å². The molecular weight excluding hydrogens is 793 g/mol. The standard InChI is InChI=1S/C58H94O6/c1-4-7-10-13-16-19-22-24-26-28-30-31-33-36-39-42-45-48-51-57(60)63-54-55(53-62-56(59)50-47-44-41-38-35-21-18-15-12-9-6-3)64-58(61)52-49-46-43-40-37-34-32-29-27-25-23-20-17-14-11-8-5-2/h8,11,16-17,19-20,22,24-28,30-32,34,40,43,55H,4-7,9-10,12-15,18,21,23,29,33,35-39,41-42,44-54H2,1-3H3/b11-8-,19-16-,20-17-,24-22-,27-25-,28-26-,31-30-,34-32-,43-40-. The predicted octanol–water partition coefficient (Wildman–Crippen LogP) is 17.1. The van der Waals surface area contributed by atoms with Crippen molar-refractivity contribution >= 4 is 17.9 Å². The first-order chi connectivity index (χ1) is 31.5. The Bertz CT molecular complexity index is 1340. The van der Waals surface area contributed by atoms with Crippen molar-refractivity contribution in [3.05, 3.63) is 109 Å². The van der Waals surface area contributed by atoms with Crippen molar-refractivity contribution in [2.24, 2.45) is 0 Å². The third kappa shape index (κ3) is 49.1. The average Bonchev–Trinajstić information content (AvgIpc) is 3.29. The number of carbonyl (C=O) groups is 3. The van der Waals surface area contributed by atoms with Crippen LogP contribution in [0.3, 0.4) is 0 Å². The number of allylic oxidation sites excluding steroid dienone is 18. The second kappa shape index (κ2) is 51.7. The van der Waals surface area contributed by atoms with Gasteiger partial charge in [0, 0.05) is 19.3 Å². The van der Waals surface area contributed by atoms with Crippen molar-refractivity contribution in [2.45, 2.75) is 226 Å². The molecule has 0 heterocycles. The number of hydrogen-bond acceptors (Lipinski definition) is 6. The highest BCUT2D eigenvalue weighted by molar-refractivity contribution is 5.71. The number of unbranched alkanes of at least 4 members (excludes halogenated alkanes) is 19. The van der Waals surface area contributed by atoms with E-state index in [9.17, 15) is 14.4 Å². The lowest BCUT2D eigenvalue weighted by atomic mass is 10.1. The first kappa shape index (κ1) is 60.1. The van der Waals surface area contributed by atoms with Gasteiger partial charge in [-0.25, -0.2) is 0 Å². The number of carbonyl (C=O) groups excluding carboxylic acids is 3. The summed E-state index contributed by atoms with van der Waals surface area (Å²) in [6.45, 7) is 6.40. The van der Waals surface area contributed by atoms with Gasteiger partial charge in [-0.15, -0.1) is 0 Å². The molecule has 1 atom stereocenters. The van der Waals surface area contributed by atoms with Gasteiger partial charge in [0.05, 0.1) is 0 Å². The van der Waals surface area contributed by atoms with Crippen LogP contribution in [0.5, 0.6) is 0 Å². The van der Waals surface area contributed by atoms with Crippen molar-refractivity contribution in [3.8, 4) is 0 Å². The highest BCUT2D eigenvalue weighted by atomic mass is 16.6. The Morgan fingerprint density at radius 3 is 1.16 bits per heavy atom. The molecule has 0 aromatic heterocycles. The molecule has 0 aromatic carbocycles. The van der Waals surface area contributed by atoms with Gasteiger partial charge >= 0.3 is 17.9 Å². The van der Waals surface area contributed by atoms with Crippen molar-refractivity contribution in [2.75, 3.05) is 13.2 Å². The summed E-state index contributed by atoms with van der Waals surface area (Å²) in [7, 11) is 0. The van der Waals surface area contributed by atoms with E-state index in [2.05, 4.69) is 130 Å². The Balaban J connectivity index is 4.53. The summed E-state index contributed by atoms with van der Waals surface area (Å²) in [5.41, 5.74) is 0. The van der Waals surface area contributed by atoms with Crippen molar-refractivity contribution in [1.29, 1.82) is 0 Å². The minimum Gasteiger partial charge on any atom is -0.462 e. The minimum atomic E-state index is -0.817. The van der Waals surface area contributed by atoms with Crippen LogP contribution in [-0.2, 0) is 28.6 Å². The SMILES string of the molecule is CC/C=C\C/C=C\C/C=C\C/C=C\C/C=C\CCCC(=O)OC(COC(=O)CCCCCCC\C=C/C=C\C=C/C=C\CCCCC)COC(=O)CCCCCCCCCCCCC. The monoisotopic (exact) mass is 887 g/mol. The van der Waals surface area contributed by atoms with Crippen LogP contribution in [0.25, 0.3) is 0 Å². The second-order valence-electron chi connectivity index (χ2n) is 16.8. The molecule has 0 saturated heterocycles. The molecule has 6 nitrogen and oxygen atoms in total. The third-order valence-corrected chi connectivity index (χ3v) is 10.6. The van der Waals surface area contributed by atoms with Gasteiger partial charge in [0.1, 0.15) is 13.2 Å². The van der Waals surface area contributed by atoms with Crippen LogP contribution < -0.4 is 0 Å². The summed E-state index contributed by atoms with van der Waals surface area (Å²) in [4.78, 5) is 37.9. The van der Waals surface area contributed by atoms with Crippen LogP contribution in [0.2, 0.25) is 0 Å². The molecule has 0 aromatic rings. The van der Waals surface area contributed by atoms with E-state index < -0.39 is 6.10 Å². The lowest BCUT2D eigenvalue weighted by Gasteiger charge is -2.18. The van der Waals surface area contributed by atoms with Crippen LogP contribution in [-0.4, -0.2) is 37.2 Å². The molecule has 362 valence electrons. The molecule has 6 heteroatoms. The van der Waals surface area contributed by atoms with E-state index in [1.165, 1.54) is 70.6 Å². The molecule has 0 aliphatic rings. The van der Waals surface area contributed by atoms with E-state index in [1.54, 1.807) is 0 Å². The normalized spacial score (nSPS) is 13.0. The van der Waals surface area contributed by atoms with Gasteiger partial charge < -0.3 is 14.2 Å². The van der Waals surface area contributed by atoms with Crippen LogP contribution >= 0.6 is 0 Å². The Kier molecular flexibility index (Phi) is 48.5. The zero-order valence-corrected chi connectivity index (χ0v) is 41.3. The topological polar surface area (TPSA) is 78.9 Å². The number of ether oxygens (including phenoxy) is 3. The minimum absolute atomic E-state index is 0.109. The molecule has 0 bridgehead atoms. The maximum Gasteiger partial charge on any atom is 0.306 e. The van der Waals surface area contributed by atoms with Gasteiger partial charge in [-0.1, -0.05) is 226 Å². The van der Waals surface area contributed by atoms with Crippen molar-refractivity contribution in [1.82, 2.24) is 0 Å². The van der Waals surface area contributed by atoms with E-state index in [0.29, 0.717) is 19.3 Å². The summed E-state index contributed by atoms with van der Waals surface area (Å²) < 4.78 is 16.7. The number of hydrogen-bond donors (Lipinski definition) is 0. The van der Waals surface area contributed by atoms with Gasteiger partial charge in [-0.3, -0.25) is 14.4 Å². The summed E-state index contributed by atoms with van der Waals surface area (Å²) in [5.74, 6) is -0.997. The lowest BCUT2D eigenvalue weighted by Crippen LogP contribution is -2.30. The lowest BCUT2D eigenvalue weighted by molar-refractivity contribution is -0.167. The Labute approximate surface area is 393 Å². The number of esters is 3. The molecule has 0 aliphatic carbocycles. The van der Waals surface area contributed by atoms with Crippen molar-refractivity contribution < 1.29 is 28.6 Å². The van der Waals surface area contributed by atoms with Crippen LogP contribution in [0.15, 0.2) is 109 Å². The molecule has 0 aliphatic heterocycles. The van der Waals surface area contributed by atoms with Gasteiger partial charge in [0.2, 0.25) is 0 Å². The van der Waals surface area contributed by atoms with Gasteiger partial charge in [-0.2, -0.15) is 0 Å². The maximum atomic E-state index is 12.8. The van der Waals surface area contributed by atoms with E-state index in [4.69, 9.17) is 14.2 Å². The van der Waals surface area contributed by atoms with E-state index in [0.717, 1.165) is 103 Å². The number of rotatable bonds is 45. The van der Waals surface area contributed by atoms with Crippen LogP contribution in [0, 0.1) is 0 Å². The molecule has 0 spiro atoms. The molecular formula is C58H94O6. The predicted molar refractivity (Wildman–Crippen MR) is 274 cm³/mol. The molecule has 0 saturated carbocycles. The largest absolute Gasteiger partial charge is 0.462 e. The fourth-order valence-electron chi connectivity index (χ4n) is 6.72. The molecule has 0 radical (unpaired) electrons. The molecule has 0 fully saturated rings. The van der Waals surface area contributed by atoms with Crippen LogP contribution in [0.4, 0.5) is 0 Å². The third-order valence-electron chi connectivity index (χ3n) is 10.6. The van der Waals surface area contributed by atoms with Crippen molar-refractivity contribution in [3.63, 3.8) is 0 Å². The zero-order valence-electron chi connectivity index (χ0n) is 41.3. The molecule has 0 rings (SSSR count). The van der Waals surface area contributed by atoms with E-state index in [-0.39, 0.29) is 37.5 Å². The average molecular weight is 887 g/mol. The summed E-state index contributed by atoms with van der Waals surface area (Å²) in [6.07, 6.45) is 69.3. The maximum absolute atomic E-state index is 12.8. The summed E-state index contributed by atoms with van der Waals surface area (Å²) >= 11 is 0. The fourth-order valence-corrected chi connectivity index (χ4v) is 6.72. The second-order valence-corrected chi connectivity index (χ2v) is 16.8. The smallest absolute Gasteiger partial charge is 0.306 e. The summed E-state index contributed by atoms with van der Waals surface area (Å²) in [6, 6.07) is 0. The molecule has 64 heavy (non-hydrogen) atoms. The highest BCUT2D eigenvalue weighted by Gasteiger charge is 2.19. The molecule has 1 unspecified atom stereocenters. The van der Waals surface area contributed by atoms with Gasteiger partial charge in [0.15, 0.2) is 6.10 Å². The summed E-state index contributed by atoms with van der Waals surface area (Å²) in [5, 5.41) is 0. The Morgan fingerprint density at radius 2 is 0.688 bits per heavy atom. The quantitative estimate of drug-likeness (QED) is 0.0199. The first-order valence-electron chi connectivity index (χ1n) is 25.9. The Hall–Kier alpha value is -3.93. The fraction of sp³-hybridized carbons (Fsp3) is 0.638. The van der Waals surface area contributed by atoms with Crippen LogP contribution in [0.1, 0.15) is 220 Å². The van der Waals surface area contributed by atoms with E-state index in [1.807, 2.05) is 0 Å². The highest BCUT2D eigenvalue weighted by Crippen LogP contribution is 2.13. The molecule has 0 N–H and O–H groups in total. The Morgan fingerprint density at radius 1 is 0.344 bits per heavy atom. The zero-order chi connectivity index (χ0) is 46.5.